The summed E-state index contributed by atoms with van der Waals surface area (Å²) in [5.74, 6) is -2.33. The van der Waals surface area contributed by atoms with Crippen molar-refractivity contribution < 1.29 is 18.3 Å². The second-order valence-corrected chi connectivity index (χ2v) is 4.25. The Kier molecular flexibility index (Phi) is 3.69. The number of carbonyl (C=O) groups excluding carboxylic acids is 1. The van der Waals surface area contributed by atoms with Crippen molar-refractivity contribution in [2.45, 2.75) is 13.5 Å². The summed E-state index contributed by atoms with van der Waals surface area (Å²) in [7, 11) is 1.53. The molecular formula is C13H13F2N3O2. The number of ether oxygens (including phenoxy) is 1. The molecule has 1 aromatic heterocycles. The third kappa shape index (κ3) is 2.47. The third-order valence-electron chi connectivity index (χ3n) is 2.87. The number of nitrogens with zero attached hydrogens (tertiary/aromatic N) is 2. The van der Waals surface area contributed by atoms with Crippen molar-refractivity contribution >= 4 is 11.7 Å². The molecule has 0 saturated heterocycles. The van der Waals surface area contributed by atoms with E-state index in [2.05, 4.69) is 5.10 Å². The zero-order valence-electron chi connectivity index (χ0n) is 11.0. The Bertz CT molecular complexity index is 648. The lowest BCUT2D eigenvalue weighted by molar-refractivity contribution is 0.0453. The van der Waals surface area contributed by atoms with E-state index in [1.807, 2.05) is 0 Å². The van der Waals surface area contributed by atoms with E-state index in [0.29, 0.717) is 5.69 Å². The van der Waals surface area contributed by atoms with Crippen LogP contribution >= 0.6 is 0 Å². The molecule has 0 aliphatic rings. The van der Waals surface area contributed by atoms with Crippen molar-refractivity contribution in [3.63, 3.8) is 0 Å². The molecule has 2 aromatic rings. The SMILES string of the molecule is Cc1nn(C)c(C(=O)OCc2c(F)cccc2F)c1N. The minimum absolute atomic E-state index is 0.0549. The van der Waals surface area contributed by atoms with Crippen molar-refractivity contribution in [2.75, 3.05) is 5.73 Å². The van der Waals surface area contributed by atoms with E-state index in [-0.39, 0.29) is 16.9 Å². The molecule has 2 rings (SSSR count). The molecule has 0 atom stereocenters. The van der Waals surface area contributed by atoms with Crippen LogP contribution in [0.5, 0.6) is 0 Å². The van der Waals surface area contributed by atoms with E-state index in [4.69, 9.17) is 10.5 Å². The number of aromatic nitrogens is 2. The molecule has 0 bridgehead atoms. The van der Waals surface area contributed by atoms with Crippen LogP contribution in [0, 0.1) is 18.6 Å². The maximum Gasteiger partial charge on any atom is 0.359 e. The monoisotopic (exact) mass is 281 g/mol. The minimum atomic E-state index is -0.784. The first-order valence-electron chi connectivity index (χ1n) is 5.81. The predicted molar refractivity (Wildman–Crippen MR) is 67.8 cm³/mol. The number of halogens is 2. The molecule has 20 heavy (non-hydrogen) atoms. The second-order valence-electron chi connectivity index (χ2n) is 4.25. The summed E-state index contributed by atoms with van der Waals surface area (Å²) < 4.78 is 32.9. The molecule has 0 spiro atoms. The quantitative estimate of drug-likeness (QED) is 0.873. The Hall–Kier alpha value is -2.44. The Morgan fingerprint density at radius 3 is 2.50 bits per heavy atom. The first-order chi connectivity index (χ1) is 9.41. The fourth-order valence-corrected chi connectivity index (χ4v) is 1.79. The lowest BCUT2D eigenvalue weighted by Gasteiger charge is -2.07. The molecular weight excluding hydrogens is 268 g/mol. The Labute approximate surface area is 114 Å². The van der Waals surface area contributed by atoms with E-state index in [1.165, 1.54) is 17.8 Å². The molecule has 1 heterocycles. The largest absolute Gasteiger partial charge is 0.456 e. The molecule has 0 saturated carbocycles. The van der Waals surface area contributed by atoms with E-state index in [0.717, 1.165) is 12.1 Å². The maximum absolute atomic E-state index is 13.4. The number of carbonyl (C=O) groups is 1. The summed E-state index contributed by atoms with van der Waals surface area (Å²) in [6.07, 6.45) is 0. The van der Waals surface area contributed by atoms with Crippen LogP contribution in [0.3, 0.4) is 0 Å². The zero-order valence-corrected chi connectivity index (χ0v) is 11.0. The van der Waals surface area contributed by atoms with Crippen molar-refractivity contribution in [3.8, 4) is 0 Å². The second kappa shape index (κ2) is 5.28. The third-order valence-corrected chi connectivity index (χ3v) is 2.87. The topological polar surface area (TPSA) is 70.1 Å². The zero-order chi connectivity index (χ0) is 14.9. The number of aryl methyl sites for hydroxylation is 2. The van der Waals surface area contributed by atoms with Gasteiger partial charge in [0.25, 0.3) is 0 Å². The van der Waals surface area contributed by atoms with Gasteiger partial charge in [-0.3, -0.25) is 4.68 Å². The average molecular weight is 281 g/mol. The summed E-state index contributed by atoms with van der Waals surface area (Å²) in [6, 6.07) is 3.42. The van der Waals surface area contributed by atoms with E-state index >= 15 is 0 Å². The molecule has 0 amide bonds. The van der Waals surface area contributed by atoms with Gasteiger partial charge in [0.05, 0.1) is 16.9 Å². The van der Waals surface area contributed by atoms with Crippen LogP contribution in [0.2, 0.25) is 0 Å². The summed E-state index contributed by atoms with van der Waals surface area (Å²) in [5, 5.41) is 3.96. The number of nitrogen functional groups attached to an aromatic ring is 1. The van der Waals surface area contributed by atoms with Gasteiger partial charge >= 0.3 is 5.97 Å². The highest BCUT2D eigenvalue weighted by Gasteiger charge is 2.20. The Morgan fingerprint density at radius 1 is 1.40 bits per heavy atom. The standard InChI is InChI=1S/C13H13F2N3O2/c1-7-11(16)12(18(2)17-7)13(19)20-6-8-9(14)4-3-5-10(8)15/h3-5H,6,16H2,1-2H3. The van der Waals surface area contributed by atoms with Crippen molar-refractivity contribution in [1.82, 2.24) is 9.78 Å². The Morgan fingerprint density at radius 2 is 2.00 bits per heavy atom. The van der Waals surface area contributed by atoms with Crippen molar-refractivity contribution in [3.05, 3.63) is 46.8 Å². The van der Waals surface area contributed by atoms with E-state index in [1.54, 1.807) is 6.92 Å². The molecule has 2 N–H and O–H groups in total. The number of hydrogen-bond donors (Lipinski definition) is 1. The van der Waals surface area contributed by atoms with E-state index in [9.17, 15) is 13.6 Å². The van der Waals surface area contributed by atoms with Crippen LogP contribution in [0.15, 0.2) is 18.2 Å². The first-order valence-corrected chi connectivity index (χ1v) is 5.81. The van der Waals surface area contributed by atoms with Gasteiger partial charge in [-0.25, -0.2) is 13.6 Å². The predicted octanol–water partition coefficient (Wildman–Crippen LogP) is 1.95. The van der Waals surface area contributed by atoms with Crippen molar-refractivity contribution in [1.29, 1.82) is 0 Å². The van der Waals surface area contributed by atoms with Gasteiger partial charge < -0.3 is 10.5 Å². The summed E-state index contributed by atoms with van der Waals surface area (Å²) >= 11 is 0. The number of nitrogens with two attached hydrogens (primary N) is 1. The fourth-order valence-electron chi connectivity index (χ4n) is 1.79. The normalized spacial score (nSPS) is 10.6. The minimum Gasteiger partial charge on any atom is -0.456 e. The molecule has 0 unspecified atom stereocenters. The summed E-state index contributed by atoms with van der Waals surface area (Å²) in [4.78, 5) is 11.9. The van der Waals surface area contributed by atoms with Gasteiger partial charge in [-0.1, -0.05) is 6.07 Å². The molecule has 7 heteroatoms. The van der Waals surface area contributed by atoms with Gasteiger partial charge in [0, 0.05) is 7.05 Å². The molecule has 106 valence electrons. The highest BCUT2D eigenvalue weighted by Crippen LogP contribution is 2.18. The van der Waals surface area contributed by atoms with Gasteiger partial charge in [-0.2, -0.15) is 5.10 Å². The van der Waals surface area contributed by atoms with Crippen LogP contribution in [-0.4, -0.2) is 15.7 Å². The maximum atomic E-state index is 13.4. The molecule has 0 aliphatic carbocycles. The number of esters is 1. The smallest absolute Gasteiger partial charge is 0.359 e. The summed E-state index contributed by atoms with van der Waals surface area (Å²) in [6.45, 7) is 1.13. The number of benzene rings is 1. The van der Waals surface area contributed by atoms with Gasteiger partial charge in [-0.15, -0.1) is 0 Å². The number of anilines is 1. The highest BCUT2D eigenvalue weighted by atomic mass is 19.1. The molecule has 5 nitrogen and oxygen atoms in total. The highest BCUT2D eigenvalue weighted by molar-refractivity contribution is 5.93. The van der Waals surface area contributed by atoms with Crippen LogP contribution in [0.25, 0.3) is 0 Å². The van der Waals surface area contributed by atoms with Crippen LogP contribution in [0.4, 0.5) is 14.5 Å². The lowest BCUT2D eigenvalue weighted by Crippen LogP contribution is -2.13. The van der Waals surface area contributed by atoms with Crippen LogP contribution in [-0.2, 0) is 18.4 Å². The molecule has 0 fully saturated rings. The number of hydrogen-bond acceptors (Lipinski definition) is 4. The molecule has 0 aliphatic heterocycles. The molecule has 1 aromatic carbocycles. The Balaban J connectivity index is 2.17. The van der Waals surface area contributed by atoms with Crippen molar-refractivity contribution in [2.24, 2.45) is 7.05 Å². The van der Waals surface area contributed by atoms with Gasteiger partial charge in [0.15, 0.2) is 5.69 Å². The number of rotatable bonds is 3. The van der Waals surface area contributed by atoms with Crippen LogP contribution in [0.1, 0.15) is 21.7 Å². The van der Waals surface area contributed by atoms with Crippen LogP contribution < -0.4 is 5.73 Å². The fraction of sp³-hybridized carbons (Fsp3) is 0.231. The lowest BCUT2D eigenvalue weighted by atomic mass is 10.2. The molecule has 0 radical (unpaired) electrons. The average Bonchev–Trinajstić information content (AvgIpc) is 2.62. The van der Waals surface area contributed by atoms with Gasteiger partial charge in [-0.05, 0) is 19.1 Å². The first kappa shape index (κ1) is 14.0. The van der Waals surface area contributed by atoms with Gasteiger partial charge in [0.2, 0.25) is 0 Å². The summed E-state index contributed by atoms with van der Waals surface area (Å²) in [5.41, 5.74) is 6.12. The van der Waals surface area contributed by atoms with Gasteiger partial charge in [0.1, 0.15) is 18.2 Å². The van der Waals surface area contributed by atoms with E-state index < -0.39 is 24.2 Å².